The van der Waals surface area contributed by atoms with Gasteiger partial charge in [-0.25, -0.2) is 4.79 Å². The number of aliphatic carboxylic acids is 1. The maximum atomic E-state index is 12.8. The van der Waals surface area contributed by atoms with E-state index in [9.17, 15) is 14.7 Å². The number of aliphatic hydroxyl groups excluding tert-OH is 1. The van der Waals surface area contributed by atoms with Gasteiger partial charge in [0, 0.05) is 12.0 Å². The zero-order valence-electron chi connectivity index (χ0n) is 19.0. The second kappa shape index (κ2) is 10.4. The predicted molar refractivity (Wildman–Crippen MR) is 118 cm³/mol. The highest BCUT2D eigenvalue weighted by Crippen LogP contribution is 2.45. The Labute approximate surface area is 180 Å². The van der Waals surface area contributed by atoms with Crippen LogP contribution in [-0.4, -0.2) is 34.4 Å². The van der Waals surface area contributed by atoms with Gasteiger partial charge in [0.2, 0.25) is 0 Å². The van der Waals surface area contributed by atoms with Crippen LogP contribution in [0.1, 0.15) is 66.7 Å². The zero-order valence-corrected chi connectivity index (χ0v) is 19.0. The Morgan fingerprint density at radius 1 is 1.33 bits per heavy atom. The van der Waals surface area contributed by atoms with Crippen molar-refractivity contribution in [2.24, 2.45) is 29.1 Å². The Morgan fingerprint density at radius 3 is 2.67 bits per heavy atom. The molecule has 0 saturated heterocycles. The molecular weight excluding hydrogens is 380 g/mol. The molecule has 0 heterocycles. The Kier molecular flexibility index (Phi) is 8.48. The summed E-state index contributed by atoms with van der Waals surface area (Å²) >= 11 is 0. The van der Waals surface area contributed by atoms with Crippen LogP contribution in [0.15, 0.2) is 36.0 Å². The fourth-order valence-electron chi connectivity index (χ4n) is 4.49. The summed E-state index contributed by atoms with van der Waals surface area (Å²) in [5, 5.41) is 19.0. The normalized spacial score (nSPS) is 29.9. The lowest BCUT2D eigenvalue weighted by molar-refractivity contribution is -0.164. The van der Waals surface area contributed by atoms with Gasteiger partial charge in [0.15, 0.2) is 0 Å². The number of carbonyl (C=O) groups is 2. The van der Waals surface area contributed by atoms with E-state index < -0.39 is 17.5 Å². The highest BCUT2D eigenvalue weighted by atomic mass is 16.5. The van der Waals surface area contributed by atoms with Crippen molar-refractivity contribution in [3.8, 4) is 0 Å². The summed E-state index contributed by atoms with van der Waals surface area (Å²) in [6, 6.07) is 0. The first-order valence-electron chi connectivity index (χ1n) is 11.2. The number of hydrogen-bond donors (Lipinski definition) is 2. The molecule has 0 bridgehead atoms. The summed E-state index contributed by atoms with van der Waals surface area (Å²) < 4.78 is 6.11. The van der Waals surface area contributed by atoms with Gasteiger partial charge in [-0.3, -0.25) is 4.79 Å². The molecule has 30 heavy (non-hydrogen) atoms. The fraction of sp³-hybridized carbons (Fsp3) is 0.680. The van der Waals surface area contributed by atoms with Gasteiger partial charge in [-0.2, -0.15) is 0 Å². The van der Waals surface area contributed by atoms with Crippen LogP contribution in [0.4, 0.5) is 0 Å². The van der Waals surface area contributed by atoms with Crippen molar-refractivity contribution in [1.82, 2.24) is 0 Å². The maximum Gasteiger partial charge on any atom is 0.327 e. The van der Waals surface area contributed by atoms with Crippen molar-refractivity contribution in [2.75, 3.05) is 0 Å². The summed E-state index contributed by atoms with van der Waals surface area (Å²) in [6.07, 6.45) is 11.8. The monoisotopic (exact) mass is 418 g/mol. The first-order chi connectivity index (χ1) is 14.0. The smallest absolute Gasteiger partial charge is 0.327 e. The molecule has 0 aromatic heterocycles. The van der Waals surface area contributed by atoms with Gasteiger partial charge in [-0.05, 0) is 69.3 Å². The number of aliphatic hydroxyl groups is 1. The third-order valence-corrected chi connectivity index (χ3v) is 6.79. The summed E-state index contributed by atoms with van der Waals surface area (Å²) in [5.74, 6) is -0.0526. The Morgan fingerprint density at radius 2 is 2.03 bits per heavy atom. The first-order valence-corrected chi connectivity index (χ1v) is 11.2. The molecule has 168 valence electrons. The van der Waals surface area contributed by atoms with Crippen LogP contribution in [0.5, 0.6) is 0 Å². The highest BCUT2D eigenvalue weighted by molar-refractivity contribution is 5.79. The van der Waals surface area contributed by atoms with Crippen molar-refractivity contribution in [3.05, 3.63) is 36.0 Å². The van der Waals surface area contributed by atoms with Crippen molar-refractivity contribution in [3.63, 3.8) is 0 Å². The highest BCUT2D eigenvalue weighted by Gasteiger charge is 2.42. The third-order valence-electron chi connectivity index (χ3n) is 6.79. The number of fused-ring (bicyclic) bond motifs is 1. The van der Waals surface area contributed by atoms with Gasteiger partial charge >= 0.3 is 11.9 Å². The largest absolute Gasteiger partial charge is 0.478 e. The lowest BCUT2D eigenvalue weighted by atomic mass is 9.65. The van der Waals surface area contributed by atoms with Gasteiger partial charge in [-0.1, -0.05) is 45.1 Å². The average molecular weight is 419 g/mol. The van der Waals surface area contributed by atoms with Crippen LogP contribution >= 0.6 is 0 Å². The molecule has 2 N–H and O–H groups in total. The van der Waals surface area contributed by atoms with Crippen LogP contribution < -0.4 is 0 Å². The second-order valence-corrected chi connectivity index (χ2v) is 9.68. The molecule has 0 saturated carbocycles. The van der Waals surface area contributed by atoms with Crippen molar-refractivity contribution < 1.29 is 24.5 Å². The summed E-state index contributed by atoms with van der Waals surface area (Å²) in [6.45, 7) is 10.2. The van der Waals surface area contributed by atoms with Crippen LogP contribution in [0, 0.1) is 29.1 Å². The van der Waals surface area contributed by atoms with E-state index in [0.29, 0.717) is 24.7 Å². The molecule has 2 aliphatic carbocycles. The van der Waals surface area contributed by atoms with E-state index in [4.69, 9.17) is 9.84 Å². The third kappa shape index (κ3) is 6.31. The van der Waals surface area contributed by atoms with Gasteiger partial charge in [0.1, 0.15) is 6.10 Å². The SMILES string of the molecule is CCC(C)(C)C(=O)OC1CC(C)C=C2C=CC(C)C(CCC(O)CC=CC(=O)O)C21. The Balaban J connectivity index is 2.14. The molecule has 2 aliphatic rings. The van der Waals surface area contributed by atoms with E-state index in [0.717, 1.165) is 25.3 Å². The van der Waals surface area contributed by atoms with E-state index in [-0.39, 0.29) is 23.9 Å². The molecule has 2 rings (SSSR count). The number of carboxylic acid groups (broad SMARTS) is 1. The number of ether oxygens (including phenoxy) is 1. The topological polar surface area (TPSA) is 83.8 Å². The molecule has 0 aromatic rings. The summed E-state index contributed by atoms with van der Waals surface area (Å²) in [5.41, 5.74) is 0.743. The zero-order chi connectivity index (χ0) is 22.5. The quantitative estimate of drug-likeness (QED) is 0.410. The van der Waals surface area contributed by atoms with Crippen molar-refractivity contribution in [1.29, 1.82) is 0 Å². The Bertz CT molecular complexity index is 702. The molecule has 0 fully saturated rings. The molecular formula is C25H38O5. The molecule has 0 aromatic carbocycles. The molecule has 5 heteroatoms. The molecule has 0 radical (unpaired) electrons. The van der Waals surface area contributed by atoms with Crippen LogP contribution in [0.25, 0.3) is 0 Å². The van der Waals surface area contributed by atoms with Crippen LogP contribution in [-0.2, 0) is 14.3 Å². The molecule has 0 spiro atoms. The number of rotatable bonds is 9. The maximum absolute atomic E-state index is 12.8. The van der Waals surface area contributed by atoms with Gasteiger partial charge < -0.3 is 14.9 Å². The number of hydrogen-bond acceptors (Lipinski definition) is 4. The molecule has 0 amide bonds. The average Bonchev–Trinajstić information content (AvgIpc) is 2.66. The van der Waals surface area contributed by atoms with Gasteiger partial charge in [0.25, 0.3) is 0 Å². The van der Waals surface area contributed by atoms with Crippen molar-refractivity contribution >= 4 is 11.9 Å². The molecule has 6 atom stereocenters. The molecule has 0 aliphatic heterocycles. The molecule has 6 unspecified atom stereocenters. The van der Waals surface area contributed by atoms with E-state index >= 15 is 0 Å². The van der Waals surface area contributed by atoms with E-state index in [2.05, 4.69) is 32.1 Å². The van der Waals surface area contributed by atoms with E-state index in [1.165, 1.54) is 11.6 Å². The minimum Gasteiger partial charge on any atom is -0.478 e. The van der Waals surface area contributed by atoms with E-state index in [1.807, 2.05) is 20.8 Å². The predicted octanol–water partition coefficient (Wildman–Crippen LogP) is 4.91. The van der Waals surface area contributed by atoms with Crippen LogP contribution in [0.2, 0.25) is 0 Å². The lowest BCUT2D eigenvalue weighted by Crippen LogP contribution is -2.43. The van der Waals surface area contributed by atoms with Crippen molar-refractivity contribution in [2.45, 2.75) is 78.9 Å². The standard InChI is InChI=1S/C25H38O5/c1-6-25(4,5)24(29)30-21-15-16(2)14-18-11-10-17(3)20(23(18)21)13-12-19(26)8-7-9-22(27)28/h7,9-11,14,16-17,19-21,23,26H,6,8,12-13,15H2,1-5H3,(H,27,28). The number of allylic oxidation sites excluding steroid dienone is 3. The molecule has 5 nitrogen and oxygen atoms in total. The fourth-order valence-corrected chi connectivity index (χ4v) is 4.49. The number of esters is 1. The van der Waals surface area contributed by atoms with E-state index in [1.54, 1.807) is 0 Å². The first kappa shape index (κ1) is 24.4. The minimum absolute atomic E-state index is 0.136. The van der Waals surface area contributed by atoms with Gasteiger partial charge in [0.05, 0.1) is 11.5 Å². The minimum atomic E-state index is -1.00. The Hall–Kier alpha value is -1.88. The lowest BCUT2D eigenvalue weighted by Gasteiger charge is -2.43. The van der Waals surface area contributed by atoms with Crippen LogP contribution in [0.3, 0.4) is 0 Å². The number of carboxylic acids is 1. The second-order valence-electron chi connectivity index (χ2n) is 9.68. The summed E-state index contributed by atoms with van der Waals surface area (Å²) in [7, 11) is 0. The van der Waals surface area contributed by atoms with Gasteiger partial charge in [-0.15, -0.1) is 0 Å². The summed E-state index contributed by atoms with van der Waals surface area (Å²) in [4.78, 5) is 23.4. The number of carbonyl (C=O) groups excluding carboxylic acids is 1.